The summed E-state index contributed by atoms with van der Waals surface area (Å²) in [5.41, 5.74) is 2.61. The third kappa shape index (κ3) is 3.86. The third-order valence-electron chi connectivity index (χ3n) is 3.90. The number of hydrogen-bond donors (Lipinski definition) is 4. The first-order valence-electron chi connectivity index (χ1n) is 8.21. The zero-order chi connectivity index (χ0) is 19.5. The van der Waals surface area contributed by atoms with Gasteiger partial charge in [0.25, 0.3) is 5.91 Å². The van der Waals surface area contributed by atoms with E-state index in [1.165, 1.54) is 0 Å². The van der Waals surface area contributed by atoms with Crippen molar-refractivity contribution in [3.05, 3.63) is 54.2 Å². The molecule has 9 nitrogen and oxygen atoms in total. The predicted octanol–water partition coefficient (Wildman–Crippen LogP) is 2.78. The van der Waals surface area contributed by atoms with Crippen molar-refractivity contribution in [3.8, 4) is 11.4 Å². The Kier molecular flexibility index (Phi) is 4.77. The molecule has 0 spiro atoms. The van der Waals surface area contributed by atoms with E-state index in [4.69, 9.17) is 5.11 Å². The van der Waals surface area contributed by atoms with Gasteiger partial charge in [-0.15, -0.1) is 10.2 Å². The van der Waals surface area contributed by atoms with Gasteiger partial charge < -0.3 is 15.4 Å². The average Bonchev–Trinajstić information content (AvgIpc) is 3.35. The van der Waals surface area contributed by atoms with Crippen LogP contribution in [0.1, 0.15) is 10.4 Å². The van der Waals surface area contributed by atoms with Gasteiger partial charge in [0.1, 0.15) is 0 Å². The highest BCUT2D eigenvalue weighted by Gasteiger charge is 2.12. The molecule has 0 fully saturated rings. The number of nitrogens with zero attached hydrogens (tertiary/aromatic N) is 3. The molecule has 28 heavy (non-hydrogen) atoms. The Morgan fingerprint density at radius 3 is 2.89 bits per heavy atom. The molecule has 2 aromatic carbocycles. The van der Waals surface area contributed by atoms with Crippen LogP contribution in [0.2, 0.25) is 0 Å². The second-order valence-corrected chi connectivity index (χ2v) is 6.83. The minimum Gasteiger partial charge on any atom is -0.481 e. The number of aromatic nitrogens is 5. The Bertz CT molecular complexity index is 1170. The van der Waals surface area contributed by atoms with Gasteiger partial charge in [0.2, 0.25) is 0 Å². The van der Waals surface area contributed by atoms with E-state index < -0.39 is 5.97 Å². The monoisotopic (exact) mass is 394 g/mol. The lowest BCUT2D eigenvalue weighted by atomic mass is 10.1. The van der Waals surface area contributed by atoms with Crippen molar-refractivity contribution < 1.29 is 14.7 Å². The summed E-state index contributed by atoms with van der Waals surface area (Å²) in [4.78, 5) is 26.2. The van der Waals surface area contributed by atoms with Gasteiger partial charge in [-0.1, -0.05) is 23.9 Å². The first kappa shape index (κ1) is 17.7. The standard InChI is InChI=1S/C18H14N6O3S/c25-15(26)9-28-18-21-16(23-24-18)10-2-1-3-11(6-10)17(27)20-13-5-4-12-8-19-22-14(12)7-13/h1-8H,9H2,(H,19,22)(H,20,27)(H,25,26)(H,21,23,24). The SMILES string of the molecule is O=C(O)CSc1nnc(-c2cccc(C(=O)Nc3ccc4cn[nH]c4c3)c2)[nH]1. The normalized spacial score (nSPS) is 10.9. The van der Waals surface area contributed by atoms with Gasteiger partial charge in [0.05, 0.1) is 17.5 Å². The molecule has 0 aliphatic rings. The van der Waals surface area contributed by atoms with Crippen molar-refractivity contribution in [1.82, 2.24) is 25.4 Å². The molecule has 4 aromatic rings. The second kappa shape index (κ2) is 7.53. The first-order chi connectivity index (χ1) is 13.6. The van der Waals surface area contributed by atoms with Crippen LogP contribution in [-0.2, 0) is 4.79 Å². The summed E-state index contributed by atoms with van der Waals surface area (Å²) in [5, 5.41) is 27.7. The fourth-order valence-electron chi connectivity index (χ4n) is 2.60. The van der Waals surface area contributed by atoms with Crippen LogP contribution >= 0.6 is 11.8 Å². The Balaban J connectivity index is 1.51. The van der Waals surface area contributed by atoms with Crippen molar-refractivity contribution in [1.29, 1.82) is 0 Å². The number of hydrogen-bond acceptors (Lipinski definition) is 6. The van der Waals surface area contributed by atoms with Crippen molar-refractivity contribution in [3.63, 3.8) is 0 Å². The van der Waals surface area contributed by atoms with Crippen LogP contribution in [-0.4, -0.2) is 48.1 Å². The lowest BCUT2D eigenvalue weighted by Crippen LogP contribution is -2.11. The van der Waals surface area contributed by atoms with Crippen LogP contribution < -0.4 is 5.32 Å². The maximum Gasteiger partial charge on any atom is 0.313 e. The van der Waals surface area contributed by atoms with E-state index in [1.807, 2.05) is 18.2 Å². The largest absolute Gasteiger partial charge is 0.481 e. The lowest BCUT2D eigenvalue weighted by molar-refractivity contribution is -0.133. The van der Waals surface area contributed by atoms with Crippen molar-refractivity contribution in [2.24, 2.45) is 0 Å². The molecule has 0 saturated heterocycles. The van der Waals surface area contributed by atoms with Gasteiger partial charge in [-0.3, -0.25) is 14.7 Å². The molecule has 0 saturated carbocycles. The summed E-state index contributed by atoms with van der Waals surface area (Å²) in [6.07, 6.45) is 1.71. The highest BCUT2D eigenvalue weighted by molar-refractivity contribution is 7.99. The fourth-order valence-corrected chi connectivity index (χ4v) is 3.13. The minimum atomic E-state index is -0.935. The molecule has 0 radical (unpaired) electrons. The average molecular weight is 394 g/mol. The molecule has 0 bridgehead atoms. The molecule has 0 atom stereocenters. The molecule has 10 heteroatoms. The maximum atomic E-state index is 12.6. The Labute approximate surface area is 162 Å². The molecule has 140 valence electrons. The molecule has 2 aromatic heterocycles. The summed E-state index contributed by atoms with van der Waals surface area (Å²) in [6, 6.07) is 12.4. The van der Waals surface area contributed by atoms with Gasteiger partial charge >= 0.3 is 5.97 Å². The third-order valence-corrected chi connectivity index (χ3v) is 4.74. The first-order valence-corrected chi connectivity index (χ1v) is 9.19. The fraction of sp³-hybridized carbons (Fsp3) is 0.0556. The Morgan fingerprint density at radius 1 is 1.14 bits per heavy atom. The quantitative estimate of drug-likeness (QED) is 0.369. The van der Waals surface area contributed by atoms with Crippen molar-refractivity contribution in [2.45, 2.75) is 5.16 Å². The number of aliphatic carboxylic acids is 1. The van der Waals surface area contributed by atoms with Crippen molar-refractivity contribution in [2.75, 3.05) is 11.1 Å². The number of rotatable bonds is 6. The minimum absolute atomic E-state index is 0.113. The predicted molar refractivity (Wildman–Crippen MR) is 104 cm³/mol. The van der Waals surface area contributed by atoms with Gasteiger partial charge in [0, 0.05) is 22.2 Å². The van der Waals surface area contributed by atoms with Crippen LogP contribution in [0.4, 0.5) is 5.69 Å². The summed E-state index contributed by atoms with van der Waals surface area (Å²) in [7, 11) is 0. The number of fused-ring (bicyclic) bond motifs is 1. The molecule has 0 unspecified atom stereocenters. The molecule has 0 aliphatic carbocycles. The van der Waals surface area contributed by atoms with Crippen LogP contribution in [0.15, 0.2) is 53.8 Å². The number of carboxylic acids is 1. The molecular weight excluding hydrogens is 380 g/mol. The zero-order valence-corrected chi connectivity index (χ0v) is 15.2. The van der Waals surface area contributed by atoms with E-state index in [2.05, 4.69) is 30.7 Å². The zero-order valence-electron chi connectivity index (χ0n) is 14.3. The van der Waals surface area contributed by atoms with Gasteiger partial charge in [-0.05, 0) is 30.3 Å². The highest BCUT2D eigenvalue weighted by atomic mass is 32.2. The summed E-state index contributed by atoms with van der Waals surface area (Å²) >= 11 is 1.04. The Morgan fingerprint density at radius 2 is 2.04 bits per heavy atom. The number of thioether (sulfide) groups is 1. The van der Waals surface area contributed by atoms with Crippen molar-refractivity contribution >= 4 is 40.2 Å². The number of carbonyl (C=O) groups excluding carboxylic acids is 1. The number of nitrogens with one attached hydrogen (secondary N) is 3. The van der Waals surface area contributed by atoms with E-state index in [9.17, 15) is 9.59 Å². The number of anilines is 1. The maximum absolute atomic E-state index is 12.6. The summed E-state index contributed by atoms with van der Waals surface area (Å²) < 4.78 is 0. The smallest absolute Gasteiger partial charge is 0.313 e. The number of H-pyrrole nitrogens is 2. The molecule has 1 amide bonds. The van der Waals surface area contributed by atoms with Gasteiger partial charge in [-0.2, -0.15) is 5.10 Å². The molecule has 4 rings (SSSR count). The molecule has 0 aliphatic heterocycles. The van der Waals surface area contributed by atoms with E-state index >= 15 is 0 Å². The second-order valence-electron chi connectivity index (χ2n) is 5.87. The summed E-state index contributed by atoms with van der Waals surface area (Å²) in [6.45, 7) is 0. The number of benzene rings is 2. The lowest BCUT2D eigenvalue weighted by Gasteiger charge is -2.06. The van der Waals surface area contributed by atoms with Gasteiger partial charge in [-0.25, -0.2) is 0 Å². The van der Waals surface area contributed by atoms with Crippen LogP contribution in [0.5, 0.6) is 0 Å². The van der Waals surface area contributed by atoms with E-state index in [0.29, 0.717) is 27.8 Å². The number of carbonyl (C=O) groups is 2. The van der Waals surface area contributed by atoms with Gasteiger partial charge in [0.15, 0.2) is 11.0 Å². The summed E-state index contributed by atoms with van der Waals surface area (Å²) in [5.74, 6) is -0.852. The molecular formula is C18H14N6O3S. The number of aromatic amines is 2. The molecule has 4 N–H and O–H groups in total. The number of carboxylic acid groups (broad SMARTS) is 1. The van der Waals surface area contributed by atoms with Crippen LogP contribution in [0.25, 0.3) is 22.3 Å². The van der Waals surface area contributed by atoms with E-state index in [1.54, 1.807) is 30.5 Å². The number of amides is 1. The van der Waals surface area contributed by atoms with E-state index in [-0.39, 0.29) is 11.7 Å². The Hall–Kier alpha value is -3.66. The van der Waals surface area contributed by atoms with Crippen LogP contribution in [0.3, 0.4) is 0 Å². The highest BCUT2D eigenvalue weighted by Crippen LogP contribution is 2.21. The van der Waals surface area contributed by atoms with E-state index in [0.717, 1.165) is 22.7 Å². The molecule has 2 heterocycles. The topological polar surface area (TPSA) is 137 Å². The van der Waals surface area contributed by atoms with Crippen LogP contribution in [0, 0.1) is 0 Å².